The SMILES string of the molecule is C/C=C/C(CC(CC(C)S)CC(C)C(S)CC)CC(C)C(S)CCC(C)CC(S)CC(C)/C=C/CC. The van der Waals surface area contributed by atoms with E-state index in [1.165, 1.54) is 51.4 Å². The summed E-state index contributed by atoms with van der Waals surface area (Å²) in [5.41, 5.74) is 0. The standard InChI is InChI=1S/C32H62S4/c1-9-12-14-23(4)17-30(34)18-24(5)15-16-32(36)26(7)19-28(13-10-2)22-29(21-27(8)33)20-25(6)31(35)11-3/h10,12-14,23-36H,9,11,15-22H2,1-8H3/b13-10+,14-12+. The number of thiol groups is 4. The molecule has 0 saturated heterocycles. The van der Waals surface area contributed by atoms with Gasteiger partial charge in [-0.2, -0.15) is 50.5 Å². The molecule has 10 atom stereocenters. The molecule has 0 fully saturated rings. The summed E-state index contributed by atoms with van der Waals surface area (Å²) >= 11 is 19.6. The first-order valence-corrected chi connectivity index (χ1v) is 17.0. The number of hydrogen-bond acceptors (Lipinski definition) is 4. The average molecular weight is 575 g/mol. The molecule has 0 aromatic rings. The maximum absolute atomic E-state index is 5.09. The maximum Gasteiger partial charge on any atom is 0.00427 e. The first-order valence-electron chi connectivity index (χ1n) is 14.9. The van der Waals surface area contributed by atoms with Crippen molar-refractivity contribution < 1.29 is 0 Å². The van der Waals surface area contributed by atoms with Crippen LogP contribution in [0.1, 0.15) is 120 Å². The van der Waals surface area contributed by atoms with Crippen molar-refractivity contribution in [3.8, 4) is 0 Å². The minimum atomic E-state index is 0.450. The van der Waals surface area contributed by atoms with E-state index in [9.17, 15) is 0 Å². The summed E-state index contributed by atoms with van der Waals surface area (Å²) in [6.45, 7) is 18.4. The fraction of sp³-hybridized carbons (Fsp3) is 0.875. The van der Waals surface area contributed by atoms with Crippen molar-refractivity contribution in [2.45, 2.75) is 141 Å². The molecule has 4 heteroatoms. The Balaban J connectivity index is 4.81. The fourth-order valence-corrected chi connectivity index (χ4v) is 7.12. The lowest BCUT2D eigenvalue weighted by Gasteiger charge is -2.30. The molecule has 0 heterocycles. The molecule has 36 heavy (non-hydrogen) atoms. The van der Waals surface area contributed by atoms with Crippen molar-refractivity contribution in [2.24, 2.45) is 35.5 Å². The Morgan fingerprint density at radius 1 is 0.667 bits per heavy atom. The van der Waals surface area contributed by atoms with Crippen LogP contribution in [0.5, 0.6) is 0 Å². The van der Waals surface area contributed by atoms with Crippen LogP contribution in [-0.2, 0) is 0 Å². The molecule has 0 bridgehead atoms. The largest absolute Gasteiger partial charge is 0.176 e. The summed E-state index contributed by atoms with van der Waals surface area (Å²) < 4.78 is 0. The maximum atomic E-state index is 5.09. The van der Waals surface area contributed by atoms with Gasteiger partial charge in [0, 0.05) is 15.7 Å². The molecule has 0 radical (unpaired) electrons. The van der Waals surface area contributed by atoms with Crippen LogP contribution in [0.15, 0.2) is 24.3 Å². The predicted octanol–water partition coefficient (Wildman–Crippen LogP) is 11.0. The Labute approximate surface area is 249 Å². The highest BCUT2D eigenvalue weighted by atomic mass is 32.1. The quantitative estimate of drug-likeness (QED) is 0.0760. The fourth-order valence-electron chi connectivity index (χ4n) is 5.74. The third kappa shape index (κ3) is 18.2. The zero-order valence-electron chi connectivity index (χ0n) is 24.9. The Morgan fingerprint density at radius 2 is 1.31 bits per heavy atom. The minimum Gasteiger partial charge on any atom is -0.176 e. The molecule has 0 aliphatic rings. The molecular weight excluding hydrogens is 513 g/mol. The first kappa shape index (κ1) is 36.9. The van der Waals surface area contributed by atoms with Gasteiger partial charge in [0.2, 0.25) is 0 Å². The molecular formula is C32H62S4. The van der Waals surface area contributed by atoms with Gasteiger partial charge in [-0.15, -0.1) is 0 Å². The lowest BCUT2D eigenvalue weighted by Crippen LogP contribution is -2.22. The van der Waals surface area contributed by atoms with Crippen LogP contribution in [0.2, 0.25) is 0 Å². The van der Waals surface area contributed by atoms with Crippen LogP contribution in [0.3, 0.4) is 0 Å². The van der Waals surface area contributed by atoms with Crippen LogP contribution in [0, 0.1) is 35.5 Å². The average Bonchev–Trinajstić information content (AvgIpc) is 2.79. The van der Waals surface area contributed by atoms with E-state index in [0.717, 1.165) is 12.8 Å². The smallest absolute Gasteiger partial charge is 0.00427 e. The van der Waals surface area contributed by atoms with Crippen molar-refractivity contribution in [3.63, 3.8) is 0 Å². The van der Waals surface area contributed by atoms with E-state index in [2.05, 4.69) is 79.7 Å². The molecule has 0 amide bonds. The zero-order valence-corrected chi connectivity index (χ0v) is 28.5. The number of allylic oxidation sites excluding steroid dienone is 4. The van der Waals surface area contributed by atoms with Gasteiger partial charge in [0.1, 0.15) is 0 Å². The molecule has 0 aliphatic carbocycles. The van der Waals surface area contributed by atoms with Crippen LogP contribution < -0.4 is 0 Å². The lowest BCUT2D eigenvalue weighted by molar-refractivity contribution is 0.288. The van der Waals surface area contributed by atoms with E-state index in [0.29, 0.717) is 56.5 Å². The van der Waals surface area contributed by atoms with E-state index in [1.807, 2.05) is 0 Å². The minimum absolute atomic E-state index is 0.450. The van der Waals surface area contributed by atoms with E-state index < -0.39 is 0 Å². The zero-order chi connectivity index (χ0) is 27.7. The van der Waals surface area contributed by atoms with Crippen molar-refractivity contribution in [3.05, 3.63) is 24.3 Å². The lowest BCUT2D eigenvalue weighted by atomic mass is 9.79. The van der Waals surface area contributed by atoms with Crippen LogP contribution in [0.25, 0.3) is 0 Å². The second-order valence-corrected chi connectivity index (χ2v) is 15.0. The highest BCUT2D eigenvalue weighted by Gasteiger charge is 2.24. The molecule has 0 N–H and O–H groups in total. The Bertz CT molecular complexity index is 573. The second-order valence-electron chi connectivity index (χ2n) is 12.1. The molecule has 0 saturated carbocycles. The van der Waals surface area contributed by atoms with Gasteiger partial charge < -0.3 is 0 Å². The molecule has 0 nitrogen and oxygen atoms in total. The first-order chi connectivity index (χ1) is 16.9. The van der Waals surface area contributed by atoms with Gasteiger partial charge in [0.25, 0.3) is 0 Å². The third-order valence-electron chi connectivity index (χ3n) is 7.86. The van der Waals surface area contributed by atoms with Gasteiger partial charge in [-0.25, -0.2) is 0 Å². The molecule has 0 spiro atoms. The molecule has 0 aliphatic heterocycles. The van der Waals surface area contributed by atoms with Crippen molar-refractivity contribution in [1.82, 2.24) is 0 Å². The Kier molecular flexibility index (Phi) is 22.2. The van der Waals surface area contributed by atoms with Gasteiger partial charge in [-0.1, -0.05) is 72.8 Å². The van der Waals surface area contributed by atoms with E-state index in [-0.39, 0.29) is 0 Å². The second kappa shape index (κ2) is 21.7. The summed E-state index contributed by atoms with van der Waals surface area (Å²) in [6.07, 6.45) is 21.4. The Hall–Kier alpha value is 0.880. The topological polar surface area (TPSA) is 0 Å². The van der Waals surface area contributed by atoms with Crippen LogP contribution >= 0.6 is 50.5 Å². The molecule has 0 rings (SSSR count). The summed E-state index contributed by atoms with van der Waals surface area (Å²) in [5.74, 6) is 3.94. The van der Waals surface area contributed by atoms with Gasteiger partial charge >= 0.3 is 0 Å². The molecule has 214 valence electrons. The molecule has 10 unspecified atom stereocenters. The number of hydrogen-bond donors (Lipinski definition) is 4. The monoisotopic (exact) mass is 574 g/mol. The third-order valence-corrected chi connectivity index (χ3v) is 10.1. The van der Waals surface area contributed by atoms with Crippen molar-refractivity contribution in [2.75, 3.05) is 0 Å². The van der Waals surface area contributed by atoms with E-state index in [1.54, 1.807) is 0 Å². The van der Waals surface area contributed by atoms with E-state index >= 15 is 0 Å². The van der Waals surface area contributed by atoms with Gasteiger partial charge in [-0.05, 0) is 112 Å². The summed E-state index contributed by atoms with van der Waals surface area (Å²) in [4.78, 5) is 0. The van der Waals surface area contributed by atoms with E-state index in [4.69, 9.17) is 50.5 Å². The Morgan fingerprint density at radius 3 is 1.86 bits per heavy atom. The summed E-state index contributed by atoms with van der Waals surface area (Å²) in [7, 11) is 0. The highest BCUT2D eigenvalue weighted by Crippen LogP contribution is 2.34. The normalized spacial score (nSPS) is 21.1. The summed E-state index contributed by atoms with van der Waals surface area (Å²) in [5, 5.41) is 1.90. The van der Waals surface area contributed by atoms with Crippen molar-refractivity contribution >= 4 is 50.5 Å². The molecule has 0 aromatic carbocycles. The van der Waals surface area contributed by atoms with Gasteiger partial charge in [0.05, 0.1) is 0 Å². The van der Waals surface area contributed by atoms with Crippen LogP contribution in [-0.4, -0.2) is 21.0 Å². The number of rotatable bonds is 21. The summed E-state index contributed by atoms with van der Waals surface area (Å²) in [6, 6.07) is 0. The van der Waals surface area contributed by atoms with Crippen LogP contribution in [0.4, 0.5) is 0 Å². The predicted molar refractivity (Wildman–Crippen MR) is 182 cm³/mol. The highest BCUT2D eigenvalue weighted by molar-refractivity contribution is 7.81. The molecule has 0 aromatic heterocycles. The van der Waals surface area contributed by atoms with Crippen molar-refractivity contribution in [1.29, 1.82) is 0 Å². The van der Waals surface area contributed by atoms with Gasteiger partial charge in [-0.3, -0.25) is 0 Å². The van der Waals surface area contributed by atoms with Gasteiger partial charge in [0.15, 0.2) is 0 Å².